The molecule has 0 atom stereocenters. The zero-order valence-electron chi connectivity index (χ0n) is 11.8. The third-order valence-electron chi connectivity index (χ3n) is 4.11. The predicted molar refractivity (Wildman–Crippen MR) is 83.1 cm³/mol. The molecule has 0 spiro atoms. The van der Waals surface area contributed by atoms with Gasteiger partial charge in [-0.1, -0.05) is 19.8 Å². The molecular weight excluding hydrogens is 319 g/mol. The average Bonchev–Trinajstić information content (AvgIpc) is 2.46. The van der Waals surface area contributed by atoms with E-state index in [-0.39, 0.29) is 10.3 Å². The Labute approximate surface area is 128 Å². The predicted octanol–water partition coefficient (Wildman–Crippen LogP) is 5.23. The van der Waals surface area contributed by atoms with Gasteiger partial charge in [-0.15, -0.1) is 0 Å². The quantitative estimate of drug-likeness (QED) is 0.815. The maximum atomic E-state index is 14.1. The van der Waals surface area contributed by atoms with Crippen molar-refractivity contribution in [1.82, 2.24) is 0 Å². The van der Waals surface area contributed by atoms with Crippen LogP contribution in [-0.2, 0) is 0 Å². The summed E-state index contributed by atoms with van der Waals surface area (Å²) in [6, 6.07) is 5.63. The Bertz CT molecular complexity index is 502. The van der Waals surface area contributed by atoms with Crippen LogP contribution < -0.4 is 5.32 Å². The van der Waals surface area contributed by atoms with E-state index < -0.39 is 0 Å². The van der Waals surface area contributed by atoms with Gasteiger partial charge in [-0.2, -0.15) is 5.26 Å². The maximum Gasteiger partial charge on any atom is 0.161 e. The fraction of sp³-hybridized carbons (Fsp3) is 0.562. The molecule has 1 fully saturated rings. The minimum atomic E-state index is -0.361. The van der Waals surface area contributed by atoms with Crippen molar-refractivity contribution < 1.29 is 4.39 Å². The van der Waals surface area contributed by atoms with Crippen LogP contribution in [0.5, 0.6) is 0 Å². The van der Waals surface area contributed by atoms with Gasteiger partial charge in [0.15, 0.2) is 5.82 Å². The second kappa shape index (κ2) is 7.08. The summed E-state index contributed by atoms with van der Waals surface area (Å²) in [7, 11) is 0. The van der Waals surface area contributed by atoms with Gasteiger partial charge in [-0.05, 0) is 59.7 Å². The zero-order valence-corrected chi connectivity index (χ0v) is 13.3. The lowest BCUT2D eigenvalue weighted by Crippen LogP contribution is -2.26. The highest BCUT2D eigenvalue weighted by atomic mass is 79.9. The van der Waals surface area contributed by atoms with Gasteiger partial charge in [0.05, 0.1) is 15.7 Å². The molecule has 0 bridgehead atoms. The molecule has 1 N–H and O–H groups in total. The largest absolute Gasteiger partial charge is 0.380 e. The fourth-order valence-corrected chi connectivity index (χ4v) is 3.41. The van der Waals surface area contributed by atoms with Crippen LogP contribution in [0.2, 0.25) is 0 Å². The Kier molecular flexibility index (Phi) is 5.42. The summed E-state index contributed by atoms with van der Waals surface area (Å²) in [5.74, 6) is 0.482. The Balaban J connectivity index is 1.98. The number of benzene rings is 1. The second-order valence-electron chi connectivity index (χ2n) is 5.55. The van der Waals surface area contributed by atoms with Gasteiger partial charge in [0.1, 0.15) is 6.07 Å². The summed E-state index contributed by atoms with van der Waals surface area (Å²) in [4.78, 5) is 0. The fourth-order valence-electron chi connectivity index (χ4n) is 2.97. The Morgan fingerprint density at radius 1 is 1.35 bits per heavy atom. The van der Waals surface area contributed by atoms with E-state index in [1.807, 2.05) is 6.07 Å². The normalized spacial score (nSPS) is 22.3. The van der Waals surface area contributed by atoms with Crippen LogP contribution >= 0.6 is 15.9 Å². The van der Waals surface area contributed by atoms with E-state index in [0.29, 0.717) is 17.3 Å². The molecule has 2 nitrogen and oxygen atoms in total. The maximum absolute atomic E-state index is 14.1. The van der Waals surface area contributed by atoms with Crippen molar-refractivity contribution in [1.29, 1.82) is 5.26 Å². The first kappa shape index (κ1) is 15.3. The van der Waals surface area contributed by atoms with Gasteiger partial charge in [-0.3, -0.25) is 0 Å². The lowest BCUT2D eigenvalue weighted by molar-refractivity contribution is 0.318. The first-order valence-corrected chi connectivity index (χ1v) is 8.09. The highest BCUT2D eigenvalue weighted by Crippen LogP contribution is 2.32. The SMILES string of the molecule is CCCC1CCC(Nc2ccc(C#N)c(Br)c2F)CC1. The molecule has 0 heterocycles. The van der Waals surface area contributed by atoms with E-state index in [2.05, 4.69) is 28.2 Å². The molecule has 0 aromatic heterocycles. The molecule has 2 rings (SSSR count). The molecule has 0 radical (unpaired) electrons. The first-order chi connectivity index (χ1) is 9.65. The Hall–Kier alpha value is -1.08. The van der Waals surface area contributed by atoms with Gasteiger partial charge in [0, 0.05) is 6.04 Å². The monoisotopic (exact) mass is 338 g/mol. The number of nitrogens with zero attached hydrogens (tertiary/aromatic N) is 1. The molecule has 1 aromatic carbocycles. The first-order valence-electron chi connectivity index (χ1n) is 7.30. The third-order valence-corrected chi connectivity index (χ3v) is 4.88. The molecule has 1 aliphatic rings. The highest BCUT2D eigenvalue weighted by Gasteiger charge is 2.21. The smallest absolute Gasteiger partial charge is 0.161 e. The van der Waals surface area contributed by atoms with Gasteiger partial charge in [-0.25, -0.2) is 4.39 Å². The van der Waals surface area contributed by atoms with E-state index in [0.717, 1.165) is 18.8 Å². The minimum Gasteiger partial charge on any atom is -0.380 e. The van der Waals surface area contributed by atoms with E-state index >= 15 is 0 Å². The van der Waals surface area contributed by atoms with Crippen molar-refractivity contribution in [2.24, 2.45) is 5.92 Å². The van der Waals surface area contributed by atoms with Crippen LogP contribution in [0.4, 0.5) is 10.1 Å². The van der Waals surface area contributed by atoms with Gasteiger partial charge in [0.25, 0.3) is 0 Å². The van der Waals surface area contributed by atoms with Crippen LogP contribution in [0, 0.1) is 23.1 Å². The second-order valence-corrected chi connectivity index (χ2v) is 6.34. The van der Waals surface area contributed by atoms with Gasteiger partial charge < -0.3 is 5.32 Å². The van der Waals surface area contributed by atoms with Crippen molar-refractivity contribution in [2.75, 3.05) is 5.32 Å². The van der Waals surface area contributed by atoms with Crippen molar-refractivity contribution in [3.05, 3.63) is 28.0 Å². The van der Waals surface area contributed by atoms with E-state index in [9.17, 15) is 4.39 Å². The molecule has 0 aliphatic heterocycles. The van der Waals surface area contributed by atoms with Crippen molar-refractivity contribution >= 4 is 21.6 Å². The molecule has 108 valence electrons. The molecule has 20 heavy (non-hydrogen) atoms. The molecule has 1 saturated carbocycles. The number of anilines is 1. The number of halogens is 2. The van der Waals surface area contributed by atoms with Crippen LogP contribution in [0.1, 0.15) is 51.0 Å². The van der Waals surface area contributed by atoms with Crippen LogP contribution in [0.15, 0.2) is 16.6 Å². The topological polar surface area (TPSA) is 35.8 Å². The number of hydrogen-bond acceptors (Lipinski definition) is 2. The number of hydrogen-bond donors (Lipinski definition) is 1. The molecule has 4 heteroatoms. The van der Waals surface area contributed by atoms with E-state index in [1.54, 1.807) is 12.1 Å². The standard InChI is InChI=1S/C16H20BrFN2/c1-2-3-11-4-7-13(8-5-11)20-14-9-6-12(10-19)15(17)16(14)18/h6,9,11,13,20H,2-5,7-8H2,1H3. The minimum absolute atomic E-state index is 0.254. The van der Waals surface area contributed by atoms with Crippen molar-refractivity contribution in [3.63, 3.8) is 0 Å². The zero-order chi connectivity index (χ0) is 14.5. The van der Waals surface area contributed by atoms with Gasteiger partial charge >= 0.3 is 0 Å². The summed E-state index contributed by atoms with van der Waals surface area (Å²) in [6.07, 6.45) is 7.21. The lowest BCUT2D eigenvalue weighted by Gasteiger charge is -2.29. The van der Waals surface area contributed by atoms with E-state index in [4.69, 9.17) is 5.26 Å². The lowest BCUT2D eigenvalue weighted by atomic mass is 9.83. The average molecular weight is 339 g/mol. The highest BCUT2D eigenvalue weighted by molar-refractivity contribution is 9.10. The van der Waals surface area contributed by atoms with Crippen molar-refractivity contribution in [2.45, 2.75) is 51.5 Å². The summed E-state index contributed by atoms with van der Waals surface area (Å²) >= 11 is 3.15. The molecular formula is C16H20BrFN2. The molecule has 1 aliphatic carbocycles. The third kappa shape index (κ3) is 3.52. The summed E-state index contributed by atoms with van der Waals surface area (Å²) < 4.78 is 14.4. The summed E-state index contributed by atoms with van der Waals surface area (Å²) in [5, 5.41) is 12.2. The van der Waals surface area contributed by atoms with Crippen LogP contribution in [0.3, 0.4) is 0 Å². The van der Waals surface area contributed by atoms with Crippen LogP contribution in [0.25, 0.3) is 0 Å². The Morgan fingerprint density at radius 2 is 2.05 bits per heavy atom. The number of nitrogens with one attached hydrogen (secondary N) is 1. The van der Waals surface area contributed by atoms with E-state index in [1.165, 1.54) is 25.7 Å². The van der Waals surface area contributed by atoms with Gasteiger partial charge in [0.2, 0.25) is 0 Å². The number of rotatable bonds is 4. The van der Waals surface area contributed by atoms with Crippen molar-refractivity contribution in [3.8, 4) is 6.07 Å². The Morgan fingerprint density at radius 3 is 2.65 bits per heavy atom. The van der Waals surface area contributed by atoms with Crippen LogP contribution in [-0.4, -0.2) is 6.04 Å². The number of nitriles is 1. The summed E-state index contributed by atoms with van der Waals surface area (Å²) in [5.41, 5.74) is 0.828. The summed E-state index contributed by atoms with van der Waals surface area (Å²) in [6.45, 7) is 2.23. The molecule has 0 amide bonds. The molecule has 0 saturated heterocycles. The molecule has 1 aromatic rings. The molecule has 0 unspecified atom stereocenters.